The Morgan fingerprint density at radius 2 is 1.48 bits per heavy atom. The zero-order valence-corrected chi connectivity index (χ0v) is 13.4. The predicted octanol–water partition coefficient (Wildman–Crippen LogP) is 3.57. The molecule has 2 N–H and O–H groups in total. The summed E-state index contributed by atoms with van der Waals surface area (Å²) < 4.78 is 0. The fourth-order valence-corrected chi connectivity index (χ4v) is 5.20. The van der Waals surface area contributed by atoms with Crippen molar-refractivity contribution >= 4 is 12.4 Å². The number of nitrogens with one attached hydrogen (secondary N) is 2. The van der Waals surface area contributed by atoms with Crippen molar-refractivity contribution in [2.75, 3.05) is 6.54 Å². The second kappa shape index (κ2) is 6.68. The van der Waals surface area contributed by atoms with E-state index in [9.17, 15) is 0 Å². The van der Waals surface area contributed by atoms with Crippen LogP contribution in [0.3, 0.4) is 0 Å². The van der Waals surface area contributed by atoms with Crippen molar-refractivity contribution in [2.45, 2.75) is 44.6 Å². The minimum absolute atomic E-state index is 0. The van der Waals surface area contributed by atoms with Crippen LogP contribution >= 0.6 is 12.4 Å². The van der Waals surface area contributed by atoms with Crippen LogP contribution in [0.25, 0.3) is 0 Å². The van der Waals surface area contributed by atoms with Gasteiger partial charge in [-0.05, 0) is 67.8 Å². The van der Waals surface area contributed by atoms with Crippen molar-refractivity contribution < 1.29 is 0 Å². The van der Waals surface area contributed by atoms with Crippen LogP contribution in [0, 0.1) is 23.7 Å². The number of benzene rings is 1. The first-order chi connectivity index (χ1) is 9.88. The third-order valence-electron chi connectivity index (χ3n) is 5.88. The lowest BCUT2D eigenvalue weighted by atomic mass is 9.54. The summed E-state index contributed by atoms with van der Waals surface area (Å²) in [4.78, 5) is 0. The monoisotopic (exact) mass is 306 g/mol. The molecule has 0 heterocycles. The van der Waals surface area contributed by atoms with Crippen molar-refractivity contribution in [1.82, 2.24) is 10.9 Å². The summed E-state index contributed by atoms with van der Waals surface area (Å²) in [5.74, 6) is 4.05. The highest BCUT2D eigenvalue weighted by Gasteiger charge is 2.47. The van der Waals surface area contributed by atoms with Gasteiger partial charge in [0, 0.05) is 12.6 Å². The highest BCUT2D eigenvalue weighted by atomic mass is 35.5. The molecule has 4 aliphatic carbocycles. The summed E-state index contributed by atoms with van der Waals surface area (Å²) in [5.41, 5.74) is 8.62. The van der Waals surface area contributed by atoms with Crippen molar-refractivity contribution in [2.24, 2.45) is 23.7 Å². The first-order valence-electron chi connectivity index (χ1n) is 8.41. The van der Waals surface area contributed by atoms with Gasteiger partial charge in [0.05, 0.1) is 0 Å². The molecule has 0 atom stereocenters. The second-order valence-corrected chi connectivity index (χ2v) is 7.26. The van der Waals surface area contributed by atoms with E-state index in [1.54, 1.807) is 6.42 Å². The molecular weight excluding hydrogens is 280 g/mol. The van der Waals surface area contributed by atoms with Gasteiger partial charge in [0.15, 0.2) is 0 Å². The van der Waals surface area contributed by atoms with Crippen LogP contribution in [0.1, 0.15) is 37.7 Å². The van der Waals surface area contributed by atoms with E-state index in [1.807, 2.05) is 0 Å². The number of halogens is 1. The molecule has 0 saturated heterocycles. The SMILES string of the molecule is Cl.c1ccc(CCNNC2C3CC4CC(C3)CC2C4)cc1. The van der Waals surface area contributed by atoms with Gasteiger partial charge >= 0.3 is 0 Å². The summed E-state index contributed by atoms with van der Waals surface area (Å²) in [6, 6.07) is 11.5. The van der Waals surface area contributed by atoms with E-state index in [0.29, 0.717) is 0 Å². The molecule has 2 nitrogen and oxygen atoms in total. The standard InChI is InChI=1S/C18H26N2.ClH/c1-2-4-13(5-3-1)6-7-19-20-18-16-9-14-8-15(11-16)12-17(18)10-14;/h1-5,14-20H,6-12H2;1H. The third kappa shape index (κ3) is 3.28. The number of hydrazine groups is 1. The van der Waals surface area contributed by atoms with Gasteiger partial charge in [-0.25, -0.2) is 0 Å². The Morgan fingerprint density at radius 3 is 2.10 bits per heavy atom. The Kier molecular flexibility index (Phi) is 4.88. The van der Waals surface area contributed by atoms with Gasteiger partial charge in [-0.15, -0.1) is 12.4 Å². The van der Waals surface area contributed by atoms with Gasteiger partial charge in [0.25, 0.3) is 0 Å². The molecular formula is C18H27ClN2. The first kappa shape index (κ1) is 15.3. The molecule has 116 valence electrons. The predicted molar refractivity (Wildman–Crippen MR) is 89.4 cm³/mol. The second-order valence-electron chi connectivity index (χ2n) is 7.26. The number of rotatable bonds is 5. The van der Waals surface area contributed by atoms with Gasteiger partial charge in [-0.2, -0.15) is 0 Å². The molecule has 5 rings (SSSR count). The fraction of sp³-hybridized carbons (Fsp3) is 0.667. The van der Waals surface area contributed by atoms with E-state index in [2.05, 4.69) is 41.2 Å². The summed E-state index contributed by atoms with van der Waals surface area (Å²) in [6.45, 7) is 1.03. The largest absolute Gasteiger partial charge is 0.257 e. The number of hydrogen-bond donors (Lipinski definition) is 2. The molecule has 0 amide bonds. The maximum atomic E-state index is 3.68. The Balaban J connectivity index is 0.00000132. The van der Waals surface area contributed by atoms with E-state index in [1.165, 1.54) is 31.2 Å². The Bertz CT molecular complexity index is 420. The van der Waals surface area contributed by atoms with Crippen molar-refractivity contribution in [1.29, 1.82) is 0 Å². The van der Waals surface area contributed by atoms with E-state index in [-0.39, 0.29) is 12.4 Å². The average molecular weight is 307 g/mol. The molecule has 4 fully saturated rings. The summed E-state index contributed by atoms with van der Waals surface area (Å²) in [5, 5.41) is 0. The Labute approximate surface area is 134 Å². The molecule has 0 radical (unpaired) electrons. The smallest absolute Gasteiger partial charge is 0.0269 e. The molecule has 1 aromatic carbocycles. The zero-order valence-electron chi connectivity index (χ0n) is 12.6. The average Bonchev–Trinajstić information content (AvgIpc) is 2.46. The number of hydrogen-bond acceptors (Lipinski definition) is 2. The maximum absolute atomic E-state index is 3.68. The third-order valence-corrected chi connectivity index (χ3v) is 5.88. The minimum atomic E-state index is 0. The van der Waals surface area contributed by atoms with Gasteiger partial charge in [0.2, 0.25) is 0 Å². The van der Waals surface area contributed by atoms with Crippen molar-refractivity contribution in [3.63, 3.8) is 0 Å². The topological polar surface area (TPSA) is 24.1 Å². The summed E-state index contributed by atoms with van der Waals surface area (Å²) in [7, 11) is 0. The van der Waals surface area contributed by atoms with Crippen LogP contribution in [0.15, 0.2) is 30.3 Å². The Morgan fingerprint density at radius 1 is 0.857 bits per heavy atom. The summed E-state index contributed by atoms with van der Waals surface area (Å²) in [6.07, 6.45) is 8.62. The molecule has 0 aromatic heterocycles. The van der Waals surface area contributed by atoms with E-state index < -0.39 is 0 Å². The molecule has 1 aromatic rings. The Hall–Kier alpha value is -0.570. The molecule has 4 bridgehead atoms. The first-order valence-corrected chi connectivity index (χ1v) is 8.41. The maximum Gasteiger partial charge on any atom is 0.0269 e. The van der Waals surface area contributed by atoms with Crippen LogP contribution in [-0.4, -0.2) is 12.6 Å². The molecule has 4 saturated carbocycles. The van der Waals surface area contributed by atoms with Crippen LogP contribution in [0.5, 0.6) is 0 Å². The van der Waals surface area contributed by atoms with E-state index in [4.69, 9.17) is 0 Å². The molecule has 3 heteroatoms. The molecule has 0 unspecified atom stereocenters. The van der Waals surface area contributed by atoms with Gasteiger partial charge < -0.3 is 0 Å². The fourth-order valence-electron chi connectivity index (χ4n) is 5.20. The van der Waals surface area contributed by atoms with Crippen LogP contribution < -0.4 is 10.9 Å². The molecule has 4 aliphatic rings. The summed E-state index contributed by atoms with van der Waals surface area (Å²) >= 11 is 0. The normalized spacial score (nSPS) is 36.5. The lowest BCUT2D eigenvalue weighted by Gasteiger charge is -2.54. The van der Waals surface area contributed by atoms with Gasteiger partial charge in [0.1, 0.15) is 0 Å². The molecule has 0 aliphatic heterocycles. The van der Waals surface area contributed by atoms with Crippen LogP contribution in [0.2, 0.25) is 0 Å². The van der Waals surface area contributed by atoms with Crippen molar-refractivity contribution in [3.05, 3.63) is 35.9 Å². The molecule has 21 heavy (non-hydrogen) atoms. The van der Waals surface area contributed by atoms with Gasteiger partial charge in [-0.1, -0.05) is 30.3 Å². The van der Waals surface area contributed by atoms with E-state index >= 15 is 0 Å². The van der Waals surface area contributed by atoms with Crippen molar-refractivity contribution in [3.8, 4) is 0 Å². The quantitative estimate of drug-likeness (QED) is 0.642. The minimum Gasteiger partial charge on any atom is -0.257 e. The van der Waals surface area contributed by atoms with Gasteiger partial charge in [-0.3, -0.25) is 10.9 Å². The molecule has 0 spiro atoms. The lowest BCUT2D eigenvalue weighted by Crippen LogP contribution is -2.58. The van der Waals surface area contributed by atoms with Crippen LogP contribution in [0.4, 0.5) is 0 Å². The highest BCUT2D eigenvalue weighted by molar-refractivity contribution is 5.85. The van der Waals surface area contributed by atoms with Crippen LogP contribution in [-0.2, 0) is 6.42 Å². The highest BCUT2D eigenvalue weighted by Crippen LogP contribution is 2.53. The zero-order chi connectivity index (χ0) is 13.4. The van der Waals surface area contributed by atoms with E-state index in [0.717, 1.165) is 42.7 Å². The lowest BCUT2D eigenvalue weighted by molar-refractivity contribution is -0.0186.